The Labute approximate surface area is 73.3 Å². The number of amides is 1. The zero-order chi connectivity index (χ0) is 9.56. The molecule has 0 saturated carbocycles. The quantitative estimate of drug-likeness (QED) is 0.591. The van der Waals surface area contributed by atoms with E-state index in [9.17, 15) is 4.79 Å². The van der Waals surface area contributed by atoms with Crippen molar-refractivity contribution in [3.8, 4) is 6.07 Å². The molecule has 12 heavy (non-hydrogen) atoms. The van der Waals surface area contributed by atoms with Gasteiger partial charge in [0, 0.05) is 18.7 Å². The van der Waals surface area contributed by atoms with E-state index in [2.05, 4.69) is 6.58 Å². The van der Waals surface area contributed by atoms with Crippen LogP contribution in [0.5, 0.6) is 0 Å². The molecule has 0 bridgehead atoms. The molecule has 0 N–H and O–H groups in total. The number of carbonyl (C=O) groups excluding carboxylic acids is 1. The van der Waals surface area contributed by atoms with Crippen molar-refractivity contribution in [3.63, 3.8) is 0 Å². The van der Waals surface area contributed by atoms with Crippen molar-refractivity contribution >= 4 is 5.91 Å². The van der Waals surface area contributed by atoms with Crippen LogP contribution >= 0.6 is 0 Å². The first-order valence-electron chi connectivity index (χ1n) is 3.95. The first-order chi connectivity index (χ1) is 5.63. The highest BCUT2D eigenvalue weighted by atomic mass is 16.2. The maximum absolute atomic E-state index is 11.3. The molecule has 0 fully saturated rings. The summed E-state index contributed by atoms with van der Waals surface area (Å²) in [5.74, 6) is -0.0623. The average Bonchev–Trinajstić information content (AvgIpc) is 2.05. The first-order valence-corrected chi connectivity index (χ1v) is 3.95. The Balaban J connectivity index is 4.07. The van der Waals surface area contributed by atoms with Gasteiger partial charge in [0.1, 0.15) is 0 Å². The van der Waals surface area contributed by atoms with Crippen molar-refractivity contribution in [2.24, 2.45) is 0 Å². The fourth-order valence-corrected chi connectivity index (χ4v) is 0.858. The zero-order valence-corrected chi connectivity index (χ0v) is 7.63. The Bertz CT molecular complexity index is 215. The lowest BCUT2D eigenvalue weighted by atomic mass is 10.3. The molecule has 0 aromatic heterocycles. The van der Waals surface area contributed by atoms with Gasteiger partial charge >= 0.3 is 0 Å². The maximum atomic E-state index is 11.3. The first kappa shape index (κ1) is 10.7. The molecule has 3 nitrogen and oxygen atoms in total. The molecular formula is C9H14N2O. The molecule has 0 saturated heterocycles. The predicted molar refractivity (Wildman–Crippen MR) is 47.3 cm³/mol. The molecule has 0 atom stereocenters. The normalized spacial score (nSPS) is 8.75. The summed E-state index contributed by atoms with van der Waals surface area (Å²) in [7, 11) is 0. The highest BCUT2D eigenvalue weighted by molar-refractivity contribution is 5.92. The van der Waals surface area contributed by atoms with Crippen molar-refractivity contribution < 1.29 is 4.79 Å². The molecule has 0 aromatic carbocycles. The SMILES string of the molecule is C=C(C)C(=O)N(CC)CCC#N. The van der Waals surface area contributed by atoms with Crippen LogP contribution in [0.4, 0.5) is 0 Å². The minimum Gasteiger partial charge on any atom is -0.338 e. The molecule has 3 heteroatoms. The van der Waals surface area contributed by atoms with Gasteiger partial charge < -0.3 is 4.90 Å². The molecule has 0 spiro atoms. The number of hydrogen-bond donors (Lipinski definition) is 0. The molecule has 0 radical (unpaired) electrons. The highest BCUT2D eigenvalue weighted by Crippen LogP contribution is 1.99. The van der Waals surface area contributed by atoms with Gasteiger partial charge in [-0.05, 0) is 13.8 Å². The number of hydrogen-bond acceptors (Lipinski definition) is 2. The van der Waals surface area contributed by atoms with Crippen LogP contribution < -0.4 is 0 Å². The van der Waals surface area contributed by atoms with Crippen molar-refractivity contribution in [3.05, 3.63) is 12.2 Å². The number of carbonyl (C=O) groups is 1. The third kappa shape index (κ3) is 3.20. The molecule has 1 amide bonds. The summed E-state index contributed by atoms with van der Waals surface area (Å²) in [6.07, 6.45) is 0.382. The van der Waals surface area contributed by atoms with Crippen LogP contribution in [0.3, 0.4) is 0 Å². The minimum atomic E-state index is -0.0623. The Hall–Kier alpha value is -1.30. The van der Waals surface area contributed by atoms with E-state index in [0.29, 0.717) is 25.1 Å². The molecule has 0 aliphatic heterocycles. The van der Waals surface area contributed by atoms with Gasteiger partial charge in [-0.1, -0.05) is 6.58 Å². The Morgan fingerprint density at radius 3 is 2.58 bits per heavy atom. The third-order valence-corrected chi connectivity index (χ3v) is 1.53. The second kappa shape index (κ2) is 5.36. The standard InChI is InChI=1S/C9H14N2O/c1-4-11(7-5-6-10)9(12)8(2)3/h2,4-5,7H2,1,3H3. The fraction of sp³-hybridized carbons (Fsp3) is 0.556. The van der Waals surface area contributed by atoms with Crippen LogP contribution in [-0.4, -0.2) is 23.9 Å². The van der Waals surface area contributed by atoms with Crippen LogP contribution in [0.15, 0.2) is 12.2 Å². The average molecular weight is 166 g/mol. The molecule has 0 aromatic rings. The van der Waals surface area contributed by atoms with Gasteiger partial charge in [-0.3, -0.25) is 4.79 Å². The van der Waals surface area contributed by atoms with Gasteiger partial charge in [-0.15, -0.1) is 0 Å². The van der Waals surface area contributed by atoms with Crippen LogP contribution in [0.25, 0.3) is 0 Å². The van der Waals surface area contributed by atoms with Crippen LogP contribution in [0, 0.1) is 11.3 Å². The van der Waals surface area contributed by atoms with Crippen LogP contribution in [0.2, 0.25) is 0 Å². The smallest absolute Gasteiger partial charge is 0.248 e. The summed E-state index contributed by atoms with van der Waals surface area (Å²) in [5.41, 5.74) is 0.523. The zero-order valence-electron chi connectivity index (χ0n) is 7.63. The summed E-state index contributed by atoms with van der Waals surface area (Å²) in [5, 5.41) is 8.32. The van der Waals surface area contributed by atoms with E-state index in [4.69, 9.17) is 5.26 Å². The minimum absolute atomic E-state index is 0.0623. The number of nitrogens with zero attached hydrogens (tertiary/aromatic N) is 2. The summed E-state index contributed by atoms with van der Waals surface area (Å²) < 4.78 is 0. The van der Waals surface area contributed by atoms with Crippen molar-refractivity contribution in [2.75, 3.05) is 13.1 Å². The van der Waals surface area contributed by atoms with E-state index >= 15 is 0 Å². The van der Waals surface area contributed by atoms with E-state index in [0.717, 1.165) is 0 Å². The van der Waals surface area contributed by atoms with Gasteiger partial charge in [0.05, 0.1) is 12.5 Å². The van der Waals surface area contributed by atoms with E-state index < -0.39 is 0 Å². The lowest BCUT2D eigenvalue weighted by molar-refractivity contribution is -0.126. The highest BCUT2D eigenvalue weighted by Gasteiger charge is 2.10. The Kier molecular flexibility index (Phi) is 4.78. The lowest BCUT2D eigenvalue weighted by Crippen LogP contribution is -2.31. The van der Waals surface area contributed by atoms with Gasteiger partial charge in [-0.2, -0.15) is 5.26 Å². The van der Waals surface area contributed by atoms with Gasteiger partial charge in [-0.25, -0.2) is 0 Å². The van der Waals surface area contributed by atoms with E-state index in [-0.39, 0.29) is 5.91 Å². The Morgan fingerprint density at radius 2 is 2.25 bits per heavy atom. The number of nitriles is 1. The van der Waals surface area contributed by atoms with Crippen molar-refractivity contribution in [1.82, 2.24) is 4.90 Å². The Morgan fingerprint density at radius 1 is 1.67 bits per heavy atom. The van der Waals surface area contributed by atoms with Crippen LogP contribution in [0.1, 0.15) is 20.3 Å². The summed E-state index contributed by atoms with van der Waals surface area (Å²) in [6, 6.07) is 2.00. The number of likely N-dealkylation sites (N-methyl/N-ethyl adjacent to an activating group) is 1. The molecule has 0 rings (SSSR count). The topological polar surface area (TPSA) is 44.1 Å². The lowest BCUT2D eigenvalue weighted by Gasteiger charge is -2.18. The van der Waals surface area contributed by atoms with Crippen LogP contribution in [-0.2, 0) is 4.79 Å². The molecule has 66 valence electrons. The molecule has 0 unspecified atom stereocenters. The predicted octanol–water partition coefficient (Wildman–Crippen LogP) is 1.32. The van der Waals surface area contributed by atoms with E-state index in [1.165, 1.54) is 0 Å². The van der Waals surface area contributed by atoms with E-state index in [1.54, 1.807) is 11.8 Å². The fourth-order valence-electron chi connectivity index (χ4n) is 0.858. The molecule has 0 heterocycles. The second-order valence-corrected chi connectivity index (χ2v) is 2.57. The second-order valence-electron chi connectivity index (χ2n) is 2.57. The summed E-state index contributed by atoms with van der Waals surface area (Å²) in [4.78, 5) is 12.9. The third-order valence-electron chi connectivity index (χ3n) is 1.53. The van der Waals surface area contributed by atoms with E-state index in [1.807, 2.05) is 13.0 Å². The molecular weight excluding hydrogens is 152 g/mol. The number of rotatable bonds is 4. The molecule has 0 aliphatic carbocycles. The van der Waals surface area contributed by atoms with Crippen molar-refractivity contribution in [2.45, 2.75) is 20.3 Å². The monoisotopic (exact) mass is 166 g/mol. The molecule has 0 aliphatic rings. The van der Waals surface area contributed by atoms with Gasteiger partial charge in [0.2, 0.25) is 5.91 Å². The maximum Gasteiger partial charge on any atom is 0.248 e. The largest absolute Gasteiger partial charge is 0.338 e. The van der Waals surface area contributed by atoms with Crippen molar-refractivity contribution in [1.29, 1.82) is 5.26 Å². The van der Waals surface area contributed by atoms with Gasteiger partial charge in [0.15, 0.2) is 0 Å². The van der Waals surface area contributed by atoms with Gasteiger partial charge in [0.25, 0.3) is 0 Å². The summed E-state index contributed by atoms with van der Waals surface area (Å²) in [6.45, 7) is 8.25. The summed E-state index contributed by atoms with van der Waals surface area (Å²) >= 11 is 0.